The van der Waals surface area contributed by atoms with Crippen molar-refractivity contribution in [3.05, 3.63) is 78.4 Å². The molecule has 2 aromatic heterocycles. The van der Waals surface area contributed by atoms with E-state index in [0.717, 1.165) is 36.6 Å². The van der Waals surface area contributed by atoms with Crippen LogP contribution in [0.5, 0.6) is 0 Å². The van der Waals surface area contributed by atoms with E-state index in [-0.39, 0.29) is 23.2 Å². The Morgan fingerprint density at radius 1 is 1.03 bits per heavy atom. The van der Waals surface area contributed by atoms with Gasteiger partial charge in [0.1, 0.15) is 11.6 Å². The van der Waals surface area contributed by atoms with Gasteiger partial charge >= 0.3 is 0 Å². The highest BCUT2D eigenvalue weighted by Crippen LogP contribution is 2.30. The van der Waals surface area contributed by atoms with Gasteiger partial charge in [-0.3, -0.25) is 19.3 Å². The maximum Gasteiger partial charge on any atom is 0.287 e. The van der Waals surface area contributed by atoms with Crippen LogP contribution in [0, 0.1) is 5.82 Å². The third-order valence-electron chi connectivity index (χ3n) is 5.52. The van der Waals surface area contributed by atoms with Crippen LogP contribution in [0.3, 0.4) is 0 Å². The first-order valence-corrected chi connectivity index (χ1v) is 10.8. The third-order valence-corrected chi connectivity index (χ3v) is 5.52. The fourth-order valence-corrected chi connectivity index (χ4v) is 3.97. The minimum atomic E-state index is -1.18. The topological polar surface area (TPSA) is 105 Å². The van der Waals surface area contributed by atoms with Gasteiger partial charge < -0.3 is 19.5 Å². The van der Waals surface area contributed by atoms with E-state index >= 15 is 0 Å². The zero-order chi connectivity index (χ0) is 23.2. The molecule has 2 N–H and O–H groups in total. The van der Waals surface area contributed by atoms with Gasteiger partial charge in [0.15, 0.2) is 11.8 Å². The largest absolute Gasteiger partial charge is 0.467 e. The molecule has 2 heterocycles. The van der Waals surface area contributed by atoms with E-state index in [1.807, 2.05) is 0 Å². The number of rotatable bonds is 8. The number of amides is 3. The fraction of sp³-hybridized carbons (Fsp3) is 0.292. The van der Waals surface area contributed by atoms with Gasteiger partial charge in [-0.1, -0.05) is 18.9 Å². The fourth-order valence-electron chi connectivity index (χ4n) is 3.97. The summed E-state index contributed by atoms with van der Waals surface area (Å²) in [4.78, 5) is 40.1. The summed E-state index contributed by atoms with van der Waals surface area (Å²) in [6.45, 7) is -0.441. The molecule has 1 fully saturated rings. The second-order valence-corrected chi connectivity index (χ2v) is 7.81. The molecule has 33 heavy (non-hydrogen) atoms. The van der Waals surface area contributed by atoms with Crippen molar-refractivity contribution < 1.29 is 27.6 Å². The molecule has 8 nitrogen and oxygen atoms in total. The number of benzene rings is 1. The summed E-state index contributed by atoms with van der Waals surface area (Å²) in [5.74, 6) is -1.95. The predicted molar refractivity (Wildman–Crippen MR) is 117 cm³/mol. The standard InChI is InChI=1S/C24H24FN3O5/c25-16-6-3-9-18(14-16)28(21(29)15-26-23(30)20-11-5-13-33-20)22(19-10-4-12-32-19)24(31)27-17-7-1-2-8-17/h3-6,9-14,17,22H,1-2,7-8,15H2,(H,26,30)(H,27,31)/t22-/m1/s1. The number of carbonyl (C=O) groups excluding carboxylic acids is 3. The van der Waals surface area contributed by atoms with Gasteiger partial charge in [0.25, 0.3) is 11.8 Å². The molecule has 1 atom stereocenters. The first-order valence-electron chi connectivity index (χ1n) is 10.8. The number of hydrogen-bond acceptors (Lipinski definition) is 5. The summed E-state index contributed by atoms with van der Waals surface area (Å²) in [5, 5.41) is 5.47. The van der Waals surface area contributed by atoms with E-state index in [1.165, 1.54) is 36.8 Å². The van der Waals surface area contributed by atoms with Crippen LogP contribution in [0.2, 0.25) is 0 Å². The lowest BCUT2D eigenvalue weighted by Crippen LogP contribution is -2.49. The van der Waals surface area contributed by atoms with Crippen LogP contribution in [-0.4, -0.2) is 30.3 Å². The van der Waals surface area contributed by atoms with Gasteiger partial charge in [-0.15, -0.1) is 0 Å². The van der Waals surface area contributed by atoms with E-state index in [2.05, 4.69) is 10.6 Å². The lowest BCUT2D eigenvalue weighted by Gasteiger charge is -2.31. The molecule has 1 aliphatic rings. The normalized spacial score (nSPS) is 14.6. The van der Waals surface area contributed by atoms with Gasteiger partial charge in [0.2, 0.25) is 5.91 Å². The maximum absolute atomic E-state index is 14.1. The zero-order valence-corrected chi connectivity index (χ0v) is 17.8. The van der Waals surface area contributed by atoms with E-state index in [0.29, 0.717) is 0 Å². The zero-order valence-electron chi connectivity index (χ0n) is 17.8. The smallest absolute Gasteiger partial charge is 0.287 e. The van der Waals surface area contributed by atoms with E-state index in [4.69, 9.17) is 8.83 Å². The van der Waals surface area contributed by atoms with Crippen LogP contribution in [0.1, 0.15) is 48.0 Å². The van der Waals surface area contributed by atoms with Crippen LogP contribution in [0.4, 0.5) is 10.1 Å². The average molecular weight is 453 g/mol. The number of carbonyl (C=O) groups is 3. The molecule has 1 aromatic carbocycles. The Balaban J connectivity index is 1.63. The number of nitrogens with one attached hydrogen (secondary N) is 2. The Hall–Kier alpha value is -3.88. The number of nitrogens with zero attached hydrogens (tertiary/aromatic N) is 1. The number of hydrogen-bond donors (Lipinski definition) is 2. The Morgan fingerprint density at radius 3 is 2.45 bits per heavy atom. The van der Waals surface area contributed by atoms with Crippen molar-refractivity contribution in [1.29, 1.82) is 0 Å². The number of anilines is 1. The quantitative estimate of drug-likeness (QED) is 0.543. The van der Waals surface area contributed by atoms with Gasteiger partial charge in [-0.25, -0.2) is 4.39 Å². The molecule has 0 bridgehead atoms. The second kappa shape index (κ2) is 10.2. The summed E-state index contributed by atoms with van der Waals surface area (Å²) >= 11 is 0. The predicted octanol–water partition coefficient (Wildman–Crippen LogP) is 3.57. The molecule has 0 aliphatic heterocycles. The molecule has 9 heteroatoms. The minimum absolute atomic E-state index is 0.00178. The molecule has 0 unspecified atom stereocenters. The maximum atomic E-state index is 14.1. The Kier molecular flexibility index (Phi) is 6.87. The van der Waals surface area contributed by atoms with Crippen molar-refractivity contribution in [1.82, 2.24) is 10.6 Å². The van der Waals surface area contributed by atoms with E-state index < -0.39 is 36.1 Å². The van der Waals surface area contributed by atoms with Gasteiger partial charge in [-0.05, 0) is 55.3 Å². The summed E-state index contributed by atoms with van der Waals surface area (Å²) in [6, 6.07) is 10.4. The molecule has 4 rings (SSSR count). The minimum Gasteiger partial charge on any atom is -0.467 e. The monoisotopic (exact) mass is 453 g/mol. The average Bonchev–Trinajstić information content (AvgIpc) is 3.58. The molecule has 1 saturated carbocycles. The van der Waals surface area contributed by atoms with Crippen molar-refractivity contribution >= 4 is 23.4 Å². The molecule has 3 amide bonds. The summed E-state index contributed by atoms with van der Waals surface area (Å²) in [5.41, 5.74) is 0.162. The molecule has 172 valence electrons. The Labute approximate surface area is 189 Å². The van der Waals surface area contributed by atoms with Gasteiger partial charge in [0.05, 0.1) is 19.1 Å². The van der Waals surface area contributed by atoms with Gasteiger partial charge in [-0.2, -0.15) is 0 Å². The van der Waals surface area contributed by atoms with Crippen molar-refractivity contribution in [2.24, 2.45) is 0 Å². The van der Waals surface area contributed by atoms with Crippen molar-refractivity contribution in [3.8, 4) is 0 Å². The highest BCUT2D eigenvalue weighted by molar-refractivity contribution is 6.04. The molecule has 0 spiro atoms. The van der Waals surface area contributed by atoms with Crippen LogP contribution in [0.25, 0.3) is 0 Å². The highest BCUT2D eigenvalue weighted by Gasteiger charge is 2.36. The lowest BCUT2D eigenvalue weighted by molar-refractivity contribution is -0.127. The third kappa shape index (κ3) is 5.31. The van der Waals surface area contributed by atoms with Crippen LogP contribution < -0.4 is 15.5 Å². The van der Waals surface area contributed by atoms with E-state index in [1.54, 1.807) is 18.2 Å². The van der Waals surface area contributed by atoms with Gasteiger partial charge in [0, 0.05) is 11.7 Å². The van der Waals surface area contributed by atoms with E-state index in [9.17, 15) is 18.8 Å². The first-order chi connectivity index (χ1) is 16.0. The number of halogens is 1. The summed E-state index contributed by atoms with van der Waals surface area (Å²) in [6.07, 6.45) is 6.48. The van der Waals surface area contributed by atoms with Crippen molar-refractivity contribution in [2.75, 3.05) is 11.4 Å². The highest BCUT2D eigenvalue weighted by atomic mass is 19.1. The molecule has 0 radical (unpaired) electrons. The first kappa shape index (κ1) is 22.3. The molecular formula is C24H24FN3O5. The Morgan fingerprint density at radius 2 is 1.79 bits per heavy atom. The van der Waals surface area contributed by atoms with Crippen molar-refractivity contribution in [3.63, 3.8) is 0 Å². The molecule has 0 saturated heterocycles. The molecular weight excluding hydrogens is 429 g/mol. The molecule has 3 aromatic rings. The van der Waals surface area contributed by atoms with Crippen LogP contribution in [0.15, 0.2) is 69.9 Å². The second-order valence-electron chi connectivity index (χ2n) is 7.81. The lowest BCUT2D eigenvalue weighted by atomic mass is 10.1. The molecule has 1 aliphatic carbocycles. The van der Waals surface area contributed by atoms with Crippen LogP contribution >= 0.6 is 0 Å². The summed E-state index contributed by atoms with van der Waals surface area (Å²) in [7, 11) is 0. The van der Waals surface area contributed by atoms with Crippen molar-refractivity contribution in [2.45, 2.75) is 37.8 Å². The van der Waals surface area contributed by atoms with Crippen LogP contribution in [-0.2, 0) is 9.59 Å². The SMILES string of the molecule is O=C(NCC(=O)N(c1cccc(F)c1)[C@@H](C(=O)NC1CCCC1)c1ccco1)c1ccco1. The number of furan rings is 2. The Bertz CT molecular complexity index is 1090. The summed E-state index contributed by atoms with van der Waals surface area (Å²) < 4.78 is 24.6.